The van der Waals surface area contributed by atoms with Gasteiger partial charge in [-0.2, -0.15) is 0 Å². The number of methoxy groups -OCH3 is 1. The van der Waals surface area contributed by atoms with Gasteiger partial charge in [0.2, 0.25) is 0 Å². The summed E-state index contributed by atoms with van der Waals surface area (Å²) < 4.78 is 21.1. The molecule has 1 aromatic rings. The topological polar surface area (TPSA) is 101 Å². The zero-order valence-electron chi connectivity index (χ0n) is 15.2. The Hall–Kier alpha value is -1.87. The molecule has 25 heavy (non-hydrogen) atoms. The van der Waals surface area contributed by atoms with Crippen LogP contribution in [0.2, 0.25) is 0 Å². The maximum Gasteiger partial charge on any atom is 0.408 e. The molecule has 142 valence electrons. The number of nitrogens with two attached hydrogens (primary N) is 1. The lowest BCUT2D eigenvalue weighted by Crippen LogP contribution is -2.44. The Morgan fingerprint density at radius 1 is 1.20 bits per heavy atom. The highest BCUT2D eigenvalue weighted by Crippen LogP contribution is 2.13. The van der Waals surface area contributed by atoms with Gasteiger partial charge >= 0.3 is 6.09 Å². The Morgan fingerprint density at radius 2 is 1.88 bits per heavy atom. The minimum Gasteiger partial charge on any atom is -0.491 e. The molecular weight excluding hydrogens is 328 g/mol. The van der Waals surface area contributed by atoms with Crippen LogP contribution in [0.4, 0.5) is 4.79 Å². The largest absolute Gasteiger partial charge is 0.491 e. The van der Waals surface area contributed by atoms with Crippen molar-refractivity contribution in [1.29, 1.82) is 0 Å². The van der Waals surface area contributed by atoms with E-state index in [4.69, 9.17) is 24.8 Å². The van der Waals surface area contributed by atoms with Gasteiger partial charge in [0.05, 0.1) is 19.3 Å². The Bertz CT molecular complexity index is 501. The van der Waals surface area contributed by atoms with Gasteiger partial charge in [-0.25, -0.2) is 10.7 Å². The maximum absolute atomic E-state index is 11.9. The van der Waals surface area contributed by atoms with Crippen LogP contribution < -0.4 is 16.0 Å². The first-order chi connectivity index (χ1) is 11.8. The van der Waals surface area contributed by atoms with Gasteiger partial charge in [-0.15, -0.1) is 0 Å². The average Bonchev–Trinajstić information content (AvgIpc) is 2.52. The molecule has 0 saturated carbocycles. The van der Waals surface area contributed by atoms with Crippen molar-refractivity contribution in [1.82, 2.24) is 5.32 Å². The second-order valence-electron chi connectivity index (χ2n) is 6.39. The molecule has 8 nitrogen and oxygen atoms in total. The monoisotopic (exact) mass is 356 g/mol. The number of alkyl carbamates (subject to hydrolysis) is 1. The first-order valence-electron chi connectivity index (χ1n) is 7.93. The molecule has 0 bridgehead atoms. The Morgan fingerprint density at radius 3 is 2.44 bits per heavy atom. The van der Waals surface area contributed by atoms with Gasteiger partial charge in [-0.05, 0) is 38.5 Å². The number of nitrogens with one attached hydrogen (secondary N) is 1. The van der Waals surface area contributed by atoms with E-state index in [-0.39, 0.29) is 20.0 Å². The van der Waals surface area contributed by atoms with Crippen molar-refractivity contribution in [2.75, 3.05) is 27.1 Å². The molecule has 1 rings (SSSR count). The predicted octanol–water partition coefficient (Wildman–Crippen LogP) is 1.97. The second kappa shape index (κ2) is 10.9. The average molecular weight is 356 g/mol. The smallest absolute Gasteiger partial charge is 0.408 e. The fourth-order valence-electron chi connectivity index (χ4n) is 1.85. The van der Waals surface area contributed by atoms with Crippen molar-refractivity contribution in [3.63, 3.8) is 0 Å². The summed E-state index contributed by atoms with van der Waals surface area (Å²) in [5, 5.41) is 2.73. The molecule has 0 spiro atoms. The number of carbonyl (C=O) groups is 1. The standard InChI is InChI=1S/C17H28N2O6/c1-17(2,3)25-16(20)19-14(10-22-12-21-4)11-23-15-7-5-13(6-8-15)9-24-18/h5-8,14H,9-12,18H2,1-4H3,(H,19,20)/t14-/m0/s1. The number of rotatable bonds is 10. The third kappa shape index (κ3) is 9.88. The molecule has 0 fully saturated rings. The highest BCUT2D eigenvalue weighted by molar-refractivity contribution is 5.68. The summed E-state index contributed by atoms with van der Waals surface area (Å²) in [6.07, 6.45) is -0.530. The number of benzene rings is 1. The van der Waals surface area contributed by atoms with Crippen LogP contribution in [-0.4, -0.2) is 44.9 Å². The number of hydrogen-bond donors (Lipinski definition) is 2. The summed E-state index contributed by atoms with van der Waals surface area (Å²) in [5.74, 6) is 5.69. The number of carbonyl (C=O) groups excluding carboxylic acids is 1. The first kappa shape index (κ1) is 21.2. The zero-order chi connectivity index (χ0) is 18.7. The van der Waals surface area contributed by atoms with E-state index in [0.29, 0.717) is 12.4 Å². The molecule has 0 aliphatic heterocycles. The summed E-state index contributed by atoms with van der Waals surface area (Å²) in [4.78, 5) is 16.5. The van der Waals surface area contributed by atoms with Gasteiger partial charge in [0.15, 0.2) is 0 Å². The molecule has 0 radical (unpaired) electrons. The minimum atomic E-state index is -0.580. The van der Waals surface area contributed by atoms with E-state index in [0.717, 1.165) is 5.56 Å². The van der Waals surface area contributed by atoms with Crippen LogP contribution in [0.15, 0.2) is 24.3 Å². The van der Waals surface area contributed by atoms with Gasteiger partial charge < -0.3 is 24.3 Å². The van der Waals surface area contributed by atoms with Crippen LogP contribution >= 0.6 is 0 Å². The third-order valence-electron chi connectivity index (χ3n) is 2.87. The molecule has 3 N–H and O–H groups in total. The summed E-state index contributed by atoms with van der Waals surface area (Å²) in [6, 6.07) is 6.90. The van der Waals surface area contributed by atoms with Crippen LogP contribution in [0.1, 0.15) is 26.3 Å². The molecule has 1 amide bonds. The fourth-order valence-corrected chi connectivity index (χ4v) is 1.85. The number of hydrogen-bond acceptors (Lipinski definition) is 7. The molecule has 0 aliphatic carbocycles. The molecule has 1 atom stereocenters. The number of ether oxygens (including phenoxy) is 4. The van der Waals surface area contributed by atoms with Crippen molar-refractivity contribution in [2.24, 2.45) is 5.90 Å². The molecule has 0 unspecified atom stereocenters. The summed E-state index contributed by atoms with van der Waals surface area (Å²) in [5.41, 5.74) is 0.353. The van der Waals surface area contributed by atoms with Crippen LogP contribution in [0, 0.1) is 0 Å². The number of amides is 1. The molecule has 8 heteroatoms. The minimum absolute atomic E-state index is 0.125. The molecule has 1 aromatic carbocycles. The fraction of sp³-hybridized carbons (Fsp3) is 0.588. The van der Waals surface area contributed by atoms with Crippen LogP contribution in [0.5, 0.6) is 5.75 Å². The Balaban J connectivity index is 2.55. The highest BCUT2D eigenvalue weighted by Gasteiger charge is 2.20. The van der Waals surface area contributed by atoms with E-state index >= 15 is 0 Å². The van der Waals surface area contributed by atoms with Crippen molar-refractivity contribution in [3.8, 4) is 5.75 Å². The van der Waals surface area contributed by atoms with Crippen molar-refractivity contribution in [3.05, 3.63) is 29.8 Å². The summed E-state index contributed by atoms with van der Waals surface area (Å²) in [7, 11) is 1.53. The quantitative estimate of drug-likeness (QED) is 0.375. The summed E-state index contributed by atoms with van der Waals surface area (Å²) >= 11 is 0. The van der Waals surface area contributed by atoms with Gasteiger partial charge in [0.25, 0.3) is 0 Å². The SMILES string of the molecule is COCOC[C@@H](COc1ccc(CON)cc1)NC(=O)OC(C)(C)C. The van der Waals surface area contributed by atoms with Crippen LogP contribution in [0.25, 0.3) is 0 Å². The Kier molecular flexibility index (Phi) is 9.22. The molecule has 0 aromatic heterocycles. The van der Waals surface area contributed by atoms with E-state index in [2.05, 4.69) is 10.2 Å². The van der Waals surface area contributed by atoms with E-state index < -0.39 is 17.7 Å². The molecule has 0 aliphatic rings. The van der Waals surface area contributed by atoms with E-state index in [1.807, 2.05) is 12.1 Å². The first-order valence-corrected chi connectivity index (χ1v) is 7.93. The van der Waals surface area contributed by atoms with Gasteiger partial charge in [-0.1, -0.05) is 12.1 Å². The lowest BCUT2D eigenvalue weighted by Gasteiger charge is -2.23. The van der Waals surface area contributed by atoms with Crippen molar-refractivity contribution >= 4 is 6.09 Å². The molecular formula is C17H28N2O6. The van der Waals surface area contributed by atoms with Gasteiger partial charge in [0.1, 0.15) is 24.8 Å². The van der Waals surface area contributed by atoms with Gasteiger partial charge in [-0.3, -0.25) is 4.84 Å². The third-order valence-corrected chi connectivity index (χ3v) is 2.87. The van der Waals surface area contributed by atoms with E-state index in [1.54, 1.807) is 32.9 Å². The lowest BCUT2D eigenvalue weighted by atomic mass is 10.2. The van der Waals surface area contributed by atoms with Crippen LogP contribution in [-0.2, 0) is 25.7 Å². The maximum atomic E-state index is 11.9. The van der Waals surface area contributed by atoms with E-state index in [9.17, 15) is 4.79 Å². The molecule has 0 saturated heterocycles. The molecule has 0 heterocycles. The van der Waals surface area contributed by atoms with Crippen molar-refractivity contribution in [2.45, 2.75) is 39.0 Å². The van der Waals surface area contributed by atoms with Gasteiger partial charge in [0, 0.05) is 7.11 Å². The summed E-state index contributed by atoms with van der Waals surface area (Å²) in [6.45, 7) is 6.29. The van der Waals surface area contributed by atoms with Crippen molar-refractivity contribution < 1.29 is 28.6 Å². The van der Waals surface area contributed by atoms with Crippen LogP contribution in [0.3, 0.4) is 0 Å². The Labute approximate surface area is 148 Å². The highest BCUT2D eigenvalue weighted by atomic mass is 16.7. The zero-order valence-corrected chi connectivity index (χ0v) is 15.2. The predicted molar refractivity (Wildman–Crippen MR) is 91.9 cm³/mol. The van der Waals surface area contributed by atoms with E-state index in [1.165, 1.54) is 7.11 Å². The second-order valence-corrected chi connectivity index (χ2v) is 6.39. The lowest BCUT2D eigenvalue weighted by molar-refractivity contribution is -0.0423. The normalized spacial score (nSPS) is 12.5.